The molecular formula is C15H16CaO3. The van der Waals surface area contributed by atoms with E-state index >= 15 is 0 Å². The summed E-state index contributed by atoms with van der Waals surface area (Å²) in [6.07, 6.45) is 0.0345. The van der Waals surface area contributed by atoms with E-state index in [1.807, 2.05) is 42.5 Å². The van der Waals surface area contributed by atoms with Crippen LogP contribution in [0.3, 0.4) is 0 Å². The van der Waals surface area contributed by atoms with Gasteiger partial charge in [0.2, 0.25) is 0 Å². The average molecular weight is 284 g/mol. The van der Waals surface area contributed by atoms with Crippen LogP contribution in [0.4, 0.5) is 0 Å². The van der Waals surface area contributed by atoms with Gasteiger partial charge in [-0.2, -0.15) is 0 Å². The summed E-state index contributed by atoms with van der Waals surface area (Å²) in [5, 5.41) is 10.7. The van der Waals surface area contributed by atoms with Crippen LogP contribution in [0.25, 0.3) is 10.8 Å². The van der Waals surface area contributed by atoms with Crippen molar-refractivity contribution in [2.45, 2.75) is 12.8 Å². The Morgan fingerprint density at radius 1 is 0.947 bits per heavy atom. The molecule has 1 N–H and O–H groups in total. The fraction of sp³-hybridized carbons (Fsp3) is 0.200. The molecule has 0 heterocycles. The molecular weight excluding hydrogens is 268 g/mol. The predicted octanol–water partition coefficient (Wildman–Crippen LogP) is 0.987. The van der Waals surface area contributed by atoms with Crippen LogP contribution in [-0.4, -0.2) is 61.0 Å². The molecule has 0 unspecified atom stereocenters. The van der Waals surface area contributed by atoms with Crippen LogP contribution >= 0.6 is 0 Å². The van der Waals surface area contributed by atoms with Gasteiger partial charge in [-0.15, -0.1) is 0 Å². The van der Waals surface area contributed by atoms with Crippen molar-refractivity contribution < 1.29 is 14.7 Å². The summed E-state index contributed by atoms with van der Waals surface area (Å²) < 4.78 is 0. The van der Waals surface area contributed by atoms with Crippen molar-refractivity contribution in [1.29, 1.82) is 0 Å². The minimum absolute atomic E-state index is 0. The van der Waals surface area contributed by atoms with Gasteiger partial charge in [0.1, 0.15) is 12.4 Å². The molecule has 3 nitrogen and oxygen atoms in total. The van der Waals surface area contributed by atoms with E-state index in [2.05, 4.69) is 0 Å². The molecule has 0 saturated heterocycles. The molecule has 0 fully saturated rings. The molecule has 0 atom stereocenters. The van der Waals surface area contributed by atoms with Crippen LogP contribution in [0.1, 0.15) is 12.0 Å². The molecule has 0 radical (unpaired) electrons. The van der Waals surface area contributed by atoms with Crippen molar-refractivity contribution in [3.8, 4) is 0 Å². The summed E-state index contributed by atoms with van der Waals surface area (Å²) in [7, 11) is 0. The van der Waals surface area contributed by atoms with E-state index < -0.39 is 12.4 Å². The second-order valence-electron chi connectivity index (χ2n) is 4.23. The van der Waals surface area contributed by atoms with Crippen LogP contribution < -0.4 is 0 Å². The molecule has 4 heteroatoms. The maximum atomic E-state index is 11.7. The number of carbonyl (C=O) groups excluding carboxylic acids is 2. The van der Waals surface area contributed by atoms with Gasteiger partial charge in [0.25, 0.3) is 0 Å². The van der Waals surface area contributed by atoms with Gasteiger partial charge in [-0.3, -0.25) is 9.59 Å². The minimum atomic E-state index is -0.568. The van der Waals surface area contributed by atoms with Crippen LogP contribution in [0.15, 0.2) is 42.5 Å². The first-order chi connectivity index (χ1) is 8.70. The summed E-state index contributed by atoms with van der Waals surface area (Å²) in [5.41, 5.74) is 0.920. The number of carbonyl (C=O) groups is 2. The second-order valence-corrected chi connectivity index (χ2v) is 4.23. The third-order valence-electron chi connectivity index (χ3n) is 2.84. The van der Waals surface area contributed by atoms with Crippen LogP contribution in [-0.2, 0) is 16.0 Å². The van der Waals surface area contributed by atoms with E-state index in [1.54, 1.807) is 0 Å². The molecule has 96 valence electrons. The third kappa shape index (κ3) is 4.39. The monoisotopic (exact) mass is 284 g/mol. The Balaban J connectivity index is 0.00000180. The molecule has 19 heavy (non-hydrogen) atoms. The van der Waals surface area contributed by atoms with Gasteiger partial charge < -0.3 is 5.11 Å². The summed E-state index contributed by atoms with van der Waals surface area (Å²) in [6.45, 7) is -0.568. The van der Waals surface area contributed by atoms with E-state index in [4.69, 9.17) is 5.11 Å². The van der Waals surface area contributed by atoms with Crippen molar-refractivity contribution >= 4 is 60.1 Å². The molecule has 0 aliphatic heterocycles. The predicted molar refractivity (Wildman–Crippen MR) is 77.9 cm³/mol. The Bertz CT molecular complexity index is 587. The normalized spacial score (nSPS) is 9.95. The molecule has 0 amide bonds. The number of Topliss-reactive ketones (excluding diaryl/α,β-unsaturated/α-hetero) is 2. The summed E-state index contributed by atoms with van der Waals surface area (Å²) in [6, 6.07) is 13.6. The van der Waals surface area contributed by atoms with Gasteiger partial charge in [-0.25, -0.2) is 0 Å². The fourth-order valence-electron chi connectivity index (χ4n) is 2.00. The molecule has 2 aromatic carbocycles. The van der Waals surface area contributed by atoms with Gasteiger partial charge in [0.15, 0.2) is 5.78 Å². The first kappa shape index (κ1) is 16.3. The SMILES string of the molecule is O=C(CO)CC(=O)Cc1cccc2ccccc12.[CaH2]. The molecule has 2 rings (SSSR count). The number of fused-ring (bicyclic) bond motifs is 1. The van der Waals surface area contributed by atoms with Crippen LogP contribution in [0.5, 0.6) is 0 Å². The molecule has 0 aliphatic carbocycles. The van der Waals surface area contributed by atoms with Crippen molar-refractivity contribution in [1.82, 2.24) is 0 Å². The van der Waals surface area contributed by atoms with E-state index in [0.717, 1.165) is 16.3 Å². The Labute approximate surface area is 141 Å². The molecule has 2 aromatic rings. The van der Waals surface area contributed by atoms with Gasteiger partial charge >= 0.3 is 37.7 Å². The Kier molecular flexibility index (Phi) is 6.66. The quantitative estimate of drug-likeness (QED) is 0.658. The zero-order valence-corrected chi connectivity index (χ0v) is 9.93. The maximum absolute atomic E-state index is 11.7. The van der Waals surface area contributed by atoms with Gasteiger partial charge in [-0.05, 0) is 16.3 Å². The van der Waals surface area contributed by atoms with E-state index in [1.165, 1.54) is 0 Å². The topological polar surface area (TPSA) is 54.4 Å². The zero-order valence-electron chi connectivity index (χ0n) is 9.93. The van der Waals surface area contributed by atoms with Crippen molar-refractivity contribution in [3.05, 3.63) is 48.0 Å². The van der Waals surface area contributed by atoms with Crippen molar-refractivity contribution in [2.24, 2.45) is 0 Å². The molecule has 0 spiro atoms. The van der Waals surface area contributed by atoms with E-state index in [0.29, 0.717) is 0 Å². The number of aliphatic hydroxyl groups is 1. The zero-order chi connectivity index (χ0) is 13.0. The van der Waals surface area contributed by atoms with Crippen molar-refractivity contribution in [3.63, 3.8) is 0 Å². The number of aliphatic hydroxyl groups excluding tert-OH is 1. The molecule has 0 aliphatic rings. The summed E-state index contributed by atoms with van der Waals surface area (Å²) >= 11 is 0. The number of hydrogen-bond donors (Lipinski definition) is 1. The number of ketones is 2. The fourth-order valence-corrected chi connectivity index (χ4v) is 2.00. The van der Waals surface area contributed by atoms with Crippen LogP contribution in [0, 0.1) is 0 Å². The summed E-state index contributed by atoms with van der Waals surface area (Å²) in [4.78, 5) is 22.7. The van der Waals surface area contributed by atoms with E-state index in [9.17, 15) is 9.59 Å². The second kappa shape index (κ2) is 7.75. The Morgan fingerprint density at radius 3 is 2.37 bits per heavy atom. The first-order valence-corrected chi connectivity index (χ1v) is 5.81. The third-order valence-corrected chi connectivity index (χ3v) is 2.84. The Morgan fingerprint density at radius 2 is 1.63 bits per heavy atom. The first-order valence-electron chi connectivity index (χ1n) is 5.81. The van der Waals surface area contributed by atoms with Gasteiger partial charge in [0.05, 0.1) is 6.42 Å². The standard InChI is InChI=1S/C15H14O3.Ca.2H/c16-10-14(18)9-13(17)8-12-6-3-5-11-4-1-2-7-15(11)12;;;/h1-7,16H,8-10H2;;;. The molecule has 0 bridgehead atoms. The summed E-state index contributed by atoms with van der Waals surface area (Å²) in [5.74, 6) is -0.592. The Hall–Kier alpha value is -0.740. The van der Waals surface area contributed by atoms with Gasteiger partial charge in [-0.1, -0.05) is 42.5 Å². The number of benzene rings is 2. The average Bonchev–Trinajstić information content (AvgIpc) is 2.39. The molecule has 0 aromatic heterocycles. The van der Waals surface area contributed by atoms with E-state index in [-0.39, 0.29) is 56.4 Å². The number of hydrogen-bond acceptors (Lipinski definition) is 3. The molecule has 0 saturated carbocycles. The van der Waals surface area contributed by atoms with Crippen LogP contribution in [0.2, 0.25) is 0 Å². The van der Waals surface area contributed by atoms with Gasteiger partial charge in [0, 0.05) is 6.42 Å². The van der Waals surface area contributed by atoms with Crippen molar-refractivity contribution in [2.75, 3.05) is 6.61 Å². The number of rotatable bonds is 5.